The molecule has 7 heteroatoms. The SMILES string of the molecule is O=C(O)CCn1nnnc1-c1ccc2ncccc2c1. The van der Waals surface area contributed by atoms with E-state index in [1.807, 2.05) is 30.3 Å². The molecule has 0 aliphatic carbocycles. The molecule has 3 rings (SSSR count). The Morgan fingerprint density at radius 1 is 1.30 bits per heavy atom. The van der Waals surface area contributed by atoms with E-state index in [0.29, 0.717) is 5.82 Å². The van der Waals surface area contributed by atoms with Crippen molar-refractivity contribution in [2.24, 2.45) is 0 Å². The molecule has 1 aromatic carbocycles. The van der Waals surface area contributed by atoms with Crippen molar-refractivity contribution < 1.29 is 9.90 Å². The Balaban J connectivity index is 1.98. The number of hydrogen-bond donors (Lipinski definition) is 1. The van der Waals surface area contributed by atoms with Gasteiger partial charge in [0.05, 0.1) is 18.5 Å². The molecule has 0 aliphatic rings. The van der Waals surface area contributed by atoms with Crippen LogP contribution in [0.4, 0.5) is 0 Å². The number of aryl methyl sites for hydroxylation is 1. The standard InChI is InChI=1S/C13H11N5O2/c19-12(20)5-7-18-13(15-16-17-18)10-3-4-11-9(8-10)2-1-6-14-11/h1-4,6,8H,5,7H2,(H,19,20). The first kappa shape index (κ1) is 12.2. The normalized spacial score (nSPS) is 10.8. The Labute approximate surface area is 113 Å². The predicted molar refractivity (Wildman–Crippen MR) is 70.8 cm³/mol. The van der Waals surface area contributed by atoms with Gasteiger partial charge in [0.1, 0.15) is 0 Å². The van der Waals surface area contributed by atoms with Gasteiger partial charge < -0.3 is 5.11 Å². The Morgan fingerprint density at radius 3 is 3.05 bits per heavy atom. The fourth-order valence-corrected chi connectivity index (χ4v) is 1.98. The van der Waals surface area contributed by atoms with Crippen molar-refractivity contribution in [1.29, 1.82) is 0 Å². The summed E-state index contributed by atoms with van der Waals surface area (Å²) in [5.74, 6) is -0.328. The van der Waals surface area contributed by atoms with Gasteiger partial charge in [-0.05, 0) is 34.7 Å². The number of fused-ring (bicyclic) bond motifs is 1. The van der Waals surface area contributed by atoms with Crippen LogP contribution >= 0.6 is 0 Å². The molecule has 0 radical (unpaired) electrons. The summed E-state index contributed by atoms with van der Waals surface area (Å²) >= 11 is 0. The Bertz CT molecular complexity index is 768. The summed E-state index contributed by atoms with van der Waals surface area (Å²) in [6, 6.07) is 9.52. The van der Waals surface area contributed by atoms with Crippen LogP contribution < -0.4 is 0 Å². The average Bonchev–Trinajstić information content (AvgIpc) is 2.93. The van der Waals surface area contributed by atoms with Gasteiger partial charge in [0, 0.05) is 17.1 Å². The van der Waals surface area contributed by atoms with E-state index in [1.54, 1.807) is 6.20 Å². The number of tetrazole rings is 1. The first-order valence-corrected chi connectivity index (χ1v) is 6.07. The van der Waals surface area contributed by atoms with E-state index >= 15 is 0 Å². The lowest BCUT2D eigenvalue weighted by molar-refractivity contribution is -0.137. The number of hydrogen-bond acceptors (Lipinski definition) is 5. The lowest BCUT2D eigenvalue weighted by Gasteiger charge is -2.04. The number of aromatic nitrogens is 5. The van der Waals surface area contributed by atoms with E-state index in [-0.39, 0.29) is 13.0 Å². The second-order valence-electron chi connectivity index (χ2n) is 4.28. The van der Waals surface area contributed by atoms with E-state index in [0.717, 1.165) is 16.5 Å². The molecule has 0 amide bonds. The lowest BCUT2D eigenvalue weighted by Crippen LogP contribution is -2.07. The monoisotopic (exact) mass is 269 g/mol. The summed E-state index contributed by atoms with van der Waals surface area (Å²) in [6.07, 6.45) is 1.71. The molecule has 0 bridgehead atoms. The van der Waals surface area contributed by atoms with Crippen LogP contribution in [0.25, 0.3) is 22.3 Å². The van der Waals surface area contributed by atoms with Crippen molar-refractivity contribution in [3.63, 3.8) is 0 Å². The minimum Gasteiger partial charge on any atom is -0.481 e. The fraction of sp³-hybridized carbons (Fsp3) is 0.154. The molecule has 0 spiro atoms. The van der Waals surface area contributed by atoms with Crippen molar-refractivity contribution in [2.45, 2.75) is 13.0 Å². The van der Waals surface area contributed by atoms with Crippen molar-refractivity contribution in [2.75, 3.05) is 0 Å². The van der Waals surface area contributed by atoms with Crippen LogP contribution in [0.1, 0.15) is 6.42 Å². The highest BCUT2D eigenvalue weighted by molar-refractivity contribution is 5.83. The molecule has 2 aromatic heterocycles. The first-order valence-electron chi connectivity index (χ1n) is 6.07. The third-order valence-corrected chi connectivity index (χ3v) is 2.93. The molecule has 100 valence electrons. The Morgan fingerprint density at radius 2 is 2.20 bits per heavy atom. The van der Waals surface area contributed by atoms with Crippen LogP contribution in [0, 0.1) is 0 Å². The summed E-state index contributed by atoms with van der Waals surface area (Å²) in [5, 5.41) is 21.1. The van der Waals surface area contributed by atoms with Crippen LogP contribution in [0.2, 0.25) is 0 Å². The van der Waals surface area contributed by atoms with Crippen LogP contribution in [-0.4, -0.2) is 36.3 Å². The smallest absolute Gasteiger partial charge is 0.305 e. The second-order valence-corrected chi connectivity index (χ2v) is 4.28. The second kappa shape index (κ2) is 5.04. The summed E-state index contributed by atoms with van der Waals surface area (Å²) in [4.78, 5) is 14.9. The molecule has 2 heterocycles. The summed E-state index contributed by atoms with van der Waals surface area (Å²) in [6.45, 7) is 0.239. The van der Waals surface area contributed by atoms with Gasteiger partial charge >= 0.3 is 5.97 Å². The van der Waals surface area contributed by atoms with Crippen LogP contribution in [0.3, 0.4) is 0 Å². The van der Waals surface area contributed by atoms with Gasteiger partial charge in [0.15, 0.2) is 5.82 Å². The molecule has 1 N–H and O–H groups in total. The number of carboxylic acid groups (broad SMARTS) is 1. The molecule has 20 heavy (non-hydrogen) atoms. The number of nitrogens with zero attached hydrogens (tertiary/aromatic N) is 5. The van der Waals surface area contributed by atoms with E-state index < -0.39 is 5.97 Å². The molecular formula is C13H11N5O2. The van der Waals surface area contributed by atoms with Crippen LogP contribution in [-0.2, 0) is 11.3 Å². The third kappa shape index (κ3) is 2.33. The highest BCUT2D eigenvalue weighted by atomic mass is 16.4. The van der Waals surface area contributed by atoms with Gasteiger partial charge in [-0.15, -0.1) is 5.10 Å². The summed E-state index contributed by atoms with van der Waals surface area (Å²) in [7, 11) is 0. The third-order valence-electron chi connectivity index (χ3n) is 2.93. The lowest BCUT2D eigenvalue weighted by atomic mass is 10.1. The molecule has 0 aliphatic heterocycles. The topological polar surface area (TPSA) is 93.8 Å². The minimum absolute atomic E-state index is 0.0207. The van der Waals surface area contributed by atoms with Crippen LogP contribution in [0.5, 0.6) is 0 Å². The molecule has 0 atom stereocenters. The predicted octanol–water partition coefficient (Wildman–Crippen LogP) is 1.36. The van der Waals surface area contributed by atoms with Gasteiger partial charge in [-0.2, -0.15) is 0 Å². The largest absolute Gasteiger partial charge is 0.481 e. The minimum atomic E-state index is -0.880. The highest BCUT2D eigenvalue weighted by Crippen LogP contribution is 2.21. The van der Waals surface area contributed by atoms with E-state index in [2.05, 4.69) is 20.5 Å². The molecule has 7 nitrogen and oxygen atoms in total. The number of carbonyl (C=O) groups is 1. The molecular weight excluding hydrogens is 258 g/mol. The van der Waals surface area contributed by atoms with E-state index in [9.17, 15) is 4.79 Å². The van der Waals surface area contributed by atoms with E-state index in [1.165, 1.54) is 4.68 Å². The molecule has 0 saturated carbocycles. The van der Waals surface area contributed by atoms with Crippen molar-refractivity contribution in [1.82, 2.24) is 25.2 Å². The summed E-state index contributed by atoms with van der Waals surface area (Å²) in [5.41, 5.74) is 1.72. The zero-order valence-corrected chi connectivity index (χ0v) is 10.5. The van der Waals surface area contributed by atoms with Gasteiger partial charge in [0.2, 0.25) is 0 Å². The molecule has 0 unspecified atom stereocenters. The maximum atomic E-state index is 10.6. The van der Waals surface area contributed by atoms with Gasteiger partial charge in [-0.3, -0.25) is 9.78 Å². The quantitative estimate of drug-likeness (QED) is 0.768. The Kier molecular flexibility index (Phi) is 3.08. The maximum Gasteiger partial charge on any atom is 0.305 e. The van der Waals surface area contributed by atoms with Crippen LogP contribution in [0.15, 0.2) is 36.5 Å². The number of aliphatic carboxylic acids is 1. The fourth-order valence-electron chi connectivity index (χ4n) is 1.98. The Hall–Kier alpha value is -2.83. The zero-order valence-electron chi connectivity index (χ0n) is 10.5. The number of pyridine rings is 1. The van der Waals surface area contributed by atoms with Gasteiger partial charge in [-0.25, -0.2) is 4.68 Å². The van der Waals surface area contributed by atoms with Gasteiger partial charge in [0.25, 0.3) is 0 Å². The number of carboxylic acids is 1. The van der Waals surface area contributed by atoms with Crippen molar-refractivity contribution in [3.05, 3.63) is 36.5 Å². The number of rotatable bonds is 4. The zero-order chi connectivity index (χ0) is 13.9. The van der Waals surface area contributed by atoms with Crippen molar-refractivity contribution in [3.8, 4) is 11.4 Å². The highest BCUT2D eigenvalue weighted by Gasteiger charge is 2.10. The molecule has 0 saturated heterocycles. The van der Waals surface area contributed by atoms with Crippen molar-refractivity contribution >= 4 is 16.9 Å². The van der Waals surface area contributed by atoms with Gasteiger partial charge in [-0.1, -0.05) is 6.07 Å². The van der Waals surface area contributed by atoms with E-state index in [4.69, 9.17) is 5.11 Å². The maximum absolute atomic E-state index is 10.6. The molecule has 3 aromatic rings. The first-order chi connectivity index (χ1) is 9.74. The number of benzene rings is 1. The summed E-state index contributed by atoms with van der Waals surface area (Å²) < 4.78 is 1.49. The molecule has 0 fully saturated rings. The average molecular weight is 269 g/mol.